The highest BCUT2D eigenvalue weighted by molar-refractivity contribution is 6.36. The molecule has 0 unspecified atom stereocenters. The summed E-state index contributed by atoms with van der Waals surface area (Å²) in [5.74, 6) is -1.93. The lowest BCUT2D eigenvalue weighted by molar-refractivity contribution is -0.141. The molecule has 0 saturated heterocycles. The maximum atomic E-state index is 12.5. The Morgan fingerprint density at radius 3 is 2.07 bits per heavy atom. The molecule has 0 aliphatic heterocycles. The van der Waals surface area contributed by atoms with E-state index in [1.54, 1.807) is 18.2 Å². The number of amides is 1. The third-order valence-electron chi connectivity index (χ3n) is 3.75. The number of hydrogen-bond donors (Lipinski definition) is 2. The fourth-order valence-electron chi connectivity index (χ4n) is 2.37. The van der Waals surface area contributed by atoms with Crippen molar-refractivity contribution in [1.82, 2.24) is 5.32 Å². The molecule has 0 saturated carbocycles. The Bertz CT molecular complexity index is 818. The predicted octanol–water partition coefficient (Wildman–Crippen LogP) is 4.37. The van der Waals surface area contributed by atoms with E-state index in [2.05, 4.69) is 5.32 Å². The predicted molar refractivity (Wildman–Crippen MR) is 94.9 cm³/mol. The lowest BCUT2D eigenvalue weighted by atomic mass is 10.0. The molecule has 4 nitrogen and oxygen atoms in total. The minimum atomic E-state index is -4.47. The molecule has 1 atom stereocenters. The molecule has 0 aromatic heterocycles. The highest BCUT2D eigenvalue weighted by atomic mass is 35.5. The molecule has 0 bridgehead atoms. The number of alkyl halides is 3. The van der Waals surface area contributed by atoms with Crippen LogP contribution in [0, 0.1) is 0 Å². The van der Waals surface area contributed by atoms with Gasteiger partial charge in [-0.15, -0.1) is 0 Å². The van der Waals surface area contributed by atoms with Gasteiger partial charge in [-0.25, -0.2) is 4.79 Å². The van der Waals surface area contributed by atoms with Crippen LogP contribution in [0.25, 0.3) is 0 Å². The minimum Gasteiger partial charge on any atom is -0.480 e. The van der Waals surface area contributed by atoms with E-state index in [9.17, 15) is 27.9 Å². The maximum Gasteiger partial charge on any atom is 0.416 e. The normalized spacial score (nSPS) is 12.5. The van der Waals surface area contributed by atoms with Gasteiger partial charge in [-0.3, -0.25) is 4.79 Å². The minimum absolute atomic E-state index is 0.132. The first-order valence-corrected chi connectivity index (χ1v) is 8.44. The molecule has 0 fully saturated rings. The lowest BCUT2D eigenvalue weighted by Crippen LogP contribution is -2.43. The van der Waals surface area contributed by atoms with Crippen LogP contribution in [0.5, 0.6) is 0 Å². The van der Waals surface area contributed by atoms with Gasteiger partial charge >= 0.3 is 12.1 Å². The number of carbonyl (C=O) groups is 2. The van der Waals surface area contributed by atoms with Crippen molar-refractivity contribution in [2.24, 2.45) is 0 Å². The molecule has 144 valence electrons. The SMILES string of the molecule is O=C(Cc1ccc(C(F)(F)F)cc1)N[C@H](Cc1c(Cl)cccc1Cl)C(=O)O. The van der Waals surface area contributed by atoms with Crippen molar-refractivity contribution in [1.29, 1.82) is 0 Å². The number of carboxylic acids is 1. The summed E-state index contributed by atoms with van der Waals surface area (Å²) in [5, 5.41) is 12.2. The van der Waals surface area contributed by atoms with E-state index < -0.39 is 29.7 Å². The van der Waals surface area contributed by atoms with E-state index >= 15 is 0 Å². The van der Waals surface area contributed by atoms with Gasteiger partial charge in [-0.05, 0) is 35.4 Å². The number of carboxylic acid groups (broad SMARTS) is 1. The van der Waals surface area contributed by atoms with Crippen LogP contribution in [0.15, 0.2) is 42.5 Å². The smallest absolute Gasteiger partial charge is 0.416 e. The Kier molecular flexibility index (Phi) is 6.73. The second kappa shape index (κ2) is 8.63. The second-order valence-corrected chi connectivity index (χ2v) is 6.55. The third kappa shape index (κ3) is 5.87. The van der Waals surface area contributed by atoms with E-state index in [-0.39, 0.29) is 22.9 Å². The molecule has 2 rings (SSSR count). The summed E-state index contributed by atoms with van der Waals surface area (Å²) in [7, 11) is 0. The average Bonchev–Trinajstić information content (AvgIpc) is 2.56. The second-order valence-electron chi connectivity index (χ2n) is 5.73. The van der Waals surface area contributed by atoms with Crippen LogP contribution < -0.4 is 5.32 Å². The van der Waals surface area contributed by atoms with Crippen LogP contribution in [0.1, 0.15) is 16.7 Å². The summed E-state index contributed by atoms with van der Waals surface area (Å²) in [5.41, 5.74) is -0.132. The Labute approximate surface area is 162 Å². The average molecular weight is 420 g/mol. The molecule has 0 radical (unpaired) electrons. The number of carbonyl (C=O) groups excluding carboxylic acids is 1. The van der Waals surface area contributed by atoms with Crippen LogP contribution in [0.4, 0.5) is 13.2 Å². The zero-order chi connectivity index (χ0) is 20.2. The van der Waals surface area contributed by atoms with Crippen molar-refractivity contribution < 1.29 is 27.9 Å². The van der Waals surface area contributed by atoms with Crippen LogP contribution in [-0.4, -0.2) is 23.0 Å². The molecular weight excluding hydrogens is 406 g/mol. The van der Waals surface area contributed by atoms with Gasteiger partial charge < -0.3 is 10.4 Å². The summed E-state index contributed by atoms with van der Waals surface area (Å²) in [4.78, 5) is 23.6. The van der Waals surface area contributed by atoms with Crippen LogP contribution >= 0.6 is 23.2 Å². The van der Waals surface area contributed by atoms with Gasteiger partial charge in [0, 0.05) is 16.5 Å². The van der Waals surface area contributed by atoms with E-state index in [0.717, 1.165) is 12.1 Å². The summed E-state index contributed by atoms with van der Waals surface area (Å²) in [6.07, 6.45) is -4.87. The van der Waals surface area contributed by atoms with E-state index in [1.807, 2.05) is 0 Å². The van der Waals surface area contributed by atoms with E-state index in [1.165, 1.54) is 12.1 Å². The van der Waals surface area contributed by atoms with Crippen LogP contribution in [0.3, 0.4) is 0 Å². The van der Waals surface area contributed by atoms with Gasteiger partial charge in [0.25, 0.3) is 0 Å². The highest BCUT2D eigenvalue weighted by Gasteiger charge is 2.30. The van der Waals surface area contributed by atoms with E-state index in [4.69, 9.17) is 23.2 Å². The van der Waals surface area contributed by atoms with Crippen molar-refractivity contribution in [2.45, 2.75) is 25.1 Å². The van der Waals surface area contributed by atoms with Gasteiger partial charge in [-0.1, -0.05) is 41.4 Å². The number of rotatable bonds is 6. The molecule has 2 aromatic rings. The van der Waals surface area contributed by atoms with Gasteiger partial charge in [0.05, 0.1) is 12.0 Å². The Morgan fingerprint density at radius 1 is 1.04 bits per heavy atom. The fraction of sp³-hybridized carbons (Fsp3) is 0.222. The summed E-state index contributed by atoms with van der Waals surface area (Å²) >= 11 is 12.0. The molecule has 2 N–H and O–H groups in total. The first-order valence-electron chi connectivity index (χ1n) is 7.69. The number of nitrogens with one attached hydrogen (secondary N) is 1. The molecule has 0 aliphatic carbocycles. The monoisotopic (exact) mass is 419 g/mol. The maximum absolute atomic E-state index is 12.5. The van der Waals surface area contributed by atoms with Crippen LogP contribution in [-0.2, 0) is 28.6 Å². The zero-order valence-corrected chi connectivity index (χ0v) is 15.2. The van der Waals surface area contributed by atoms with E-state index in [0.29, 0.717) is 11.1 Å². The number of aliphatic carboxylic acids is 1. The number of halogens is 5. The van der Waals surface area contributed by atoms with Crippen molar-refractivity contribution in [3.8, 4) is 0 Å². The van der Waals surface area contributed by atoms with Crippen molar-refractivity contribution in [2.75, 3.05) is 0 Å². The standard InChI is InChI=1S/C18H14Cl2F3NO3/c19-13-2-1-3-14(20)12(13)9-15(17(26)27)24-16(25)8-10-4-6-11(7-5-10)18(21,22)23/h1-7,15H,8-9H2,(H,24,25)(H,26,27)/t15-/m1/s1. The molecule has 0 heterocycles. The van der Waals surface area contributed by atoms with Gasteiger partial charge in [0.15, 0.2) is 0 Å². The highest BCUT2D eigenvalue weighted by Crippen LogP contribution is 2.29. The van der Waals surface area contributed by atoms with Gasteiger partial charge in [0.1, 0.15) is 6.04 Å². The molecule has 0 spiro atoms. The summed E-state index contributed by atoms with van der Waals surface area (Å²) in [6, 6.07) is 7.47. The number of hydrogen-bond acceptors (Lipinski definition) is 2. The molecule has 27 heavy (non-hydrogen) atoms. The topological polar surface area (TPSA) is 66.4 Å². The Balaban J connectivity index is 2.06. The molecule has 1 amide bonds. The molecular formula is C18H14Cl2F3NO3. The summed E-state index contributed by atoms with van der Waals surface area (Å²) in [6.45, 7) is 0. The molecule has 0 aliphatic rings. The number of benzene rings is 2. The first-order chi connectivity index (χ1) is 12.6. The fourth-order valence-corrected chi connectivity index (χ4v) is 2.93. The van der Waals surface area contributed by atoms with Gasteiger partial charge in [0.2, 0.25) is 5.91 Å². The van der Waals surface area contributed by atoms with Crippen LogP contribution in [0.2, 0.25) is 10.0 Å². The third-order valence-corrected chi connectivity index (χ3v) is 4.46. The first kappa shape index (κ1) is 21.1. The quantitative estimate of drug-likeness (QED) is 0.730. The zero-order valence-electron chi connectivity index (χ0n) is 13.7. The van der Waals surface area contributed by atoms with Crippen molar-refractivity contribution in [3.63, 3.8) is 0 Å². The lowest BCUT2D eigenvalue weighted by Gasteiger charge is -2.16. The van der Waals surface area contributed by atoms with Gasteiger partial charge in [-0.2, -0.15) is 13.2 Å². The Morgan fingerprint density at radius 2 is 1.59 bits per heavy atom. The molecule has 9 heteroatoms. The van der Waals surface area contributed by atoms with Crippen molar-refractivity contribution >= 4 is 35.1 Å². The molecule has 2 aromatic carbocycles. The largest absolute Gasteiger partial charge is 0.480 e. The van der Waals surface area contributed by atoms with Crippen molar-refractivity contribution in [3.05, 3.63) is 69.2 Å². The Hall–Kier alpha value is -2.25. The summed E-state index contributed by atoms with van der Waals surface area (Å²) < 4.78 is 37.6.